The van der Waals surface area contributed by atoms with Crippen molar-refractivity contribution in [2.75, 3.05) is 51.7 Å². The number of piperazine rings is 1. The Bertz CT molecular complexity index is 851. The van der Waals surface area contributed by atoms with E-state index in [1.807, 2.05) is 54.6 Å². The van der Waals surface area contributed by atoms with Crippen molar-refractivity contribution in [2.45, 2.75) is 19.4 Å². The molecular weight excluding hydrogens is 392 g/mol. The predicted molar refractivity (Wildman–Crippen MR) is 120 cm³/mol. The molecule has 0 aromatic heterocycles. The van der Waals surface area contributed by atoms with Crippen LogP contribution < -0.4 is 25.2 Å². The van der Waals surface area contributed by atoms with Gasteiger partial charge >= 0.3 is 0 Å². The average Bonchev–Trinajstić information content (AvgIpc) is 2.80. The van der Waals surface area contributed by atoms with E-state index in [1.165, 1.54) is 9.80 Å². The van der Waals surface area contributed by atoms with Crippen LogP contribution in [0.25, 0.3) is 0 Å². The van der Waals surface area contributed by atoms with Gasteiger partial charge in [0.2, 0.25) is 0 Å². The van der Waals surface area contributed by atoms with E-state index in [1.54, 1.807) is 7.11 Å². The number of anilines is 1. The molecule has 0 radical (unpaired) electrons. The van der Waals surface area contributed by atoms with E-state index >= 15 is 0 Å². The standard InChI is InChI=1S/C24H32N4O3/c1-3-12-25-22(29)18-27-13-15-28(16-14-27)23(19-8-5-4-6-9-19)24(30)26-20-10-7-11-21(17-20)31-2/h4-11,17,23H,3,12-16,18H2,1-2H3,(H,25,29)(H,26,30)/p+2/t23-/m1/s1. The molecule has 7 heteroatoms. The SMILES string of the molecule is CCCNC(=O)C[NH+]1CC[NH+]([C@@H](C(=O)Nc2cccc(OC)c2)c2ccccc2)CC1. The lowest BCUT2D eigenvalue weighted by Gasteiger charge is -2.34. The minimum atomic E-state index is -0.303. The molecule has 1 aliphatic heterocycles. The van der Waals surface area contributed by atoms with E-state index in [4.69, 9.17) is 4.74 Å². The molecule has 2 amide bonds. The van der Waals surface area contributed by atoms with Gasteiger partial charge in [0.15, 0.2) is 12.6 Å². The number of benzene rings is 2. The average molecular weight is 427 g/mol. The van der Waals surface area contributed by atoms with E-state index in [2.05, 4.69) is 17.6 Å². The second-order valence-electron chi connectivity index (χ2n) is 8.00. The maximum atomic E-state index is 13.3. The van der Waals surface area contributed by atoms with E-state index in [-0.39, 0.29) is 17.9 Å². The van der Waals surface area contributed by atoms with Crippen molar-refractivity contribution in [1.29, 1.82) is 0 Å². The van der Waals surface area contributed by atoms with Crippen molar-refractivity contribution in [3.63, 3.8) is 0 Å². The second-order valence-corrected chi connectivity index (χ2v) is 8.00. The van der Waals surface area contributed by atoms with Crippen LogP contribution in [0.1, 0.15) is 24.9 Å². The molecular formula is C24H34N4O3+2. The van der Waals surface area contributed by atoms with Gasteiger partial charge in [-0.15, -0.1) is 0 Å². The fraction of sp³-hybridized carbons (Fsp3) is 0.417. The molecule has 7 nitrogen and oxygen atoms in total. The summed E-state index contributed by atoms with van der Waals surface area (Å²) in [5.74, 6) is 0.786. The van der Waals surface area contributed by atoms with Gasteiger partial charge in [-0.25, -0.2) is 0 Å². The maximum Gasteiger partial charge on any atom is 0.287 e. The molecule has 1 heterocycles. The lowest BCUT2D eigenvalue weighted by atomic mass is 10.0. The van der Waals surface area contributed by atoms with Crippen LogP contribution in [0, 0.1) is 0 Å². The van der Waals surface area contributed by atoms with Crippen LogP contribution in [0.5, 0.6) is 5.75 Å². The Morgan fingerprint density at radius 1 is 1.03 bits per heavy atom. The first-order valence-corrected chi connectivity index (χ1v) is 11.1. The number of amides is 2. The zero-order valence-corrected chi connectivity index (χ0v) is 18.4. The Morgan fingerprint density at radius 3 is 2.45 bits per heavy atom. The largest absolute Gasteiger partial charge is 0.497 e. The molecule has 1 fully saturated rings. The highest BCUT2D eigenvalue weighted by molar-refractivity contribution is 5.94. The van der Waals surface area contributed by atoms with Gasteiger partial charge in [-0.2, -0.15) is 0 Å². The fourth-order valence-corrected chi connectivity index (χ4v) is 4.08. The first-order chi connectivity index (χ1) is 15.1. The molecule has 4 N–H and O–H groups in total. The predicted octanol–water partition coefficient (Wildman–Crippen LogP) is -0.315. The molecule has 1 atom stereocenters. The number of methoxy groups -OCH3 is 1. The summed E-state index contributed by atoms with van der Waals surface area (Å²) in [6.07, 6.45) is 0.945. The molecule has 0 saturated carbocycles. The minimum absolute atomic E-state index is 0.0291. The maximum absolute atomic E-state index is 13.3. The molecule has 3 rings (SSSR count). The summed E-state index contributed by atoms with van der Waals surface area (Å²) in [6, 6.07) is 17.1. The Labute approximate surface area is 184 Å². The first-order valence-electron chi connectivity index (χ1n) is 11.1. The molecule has 0 bridgehead atoms. The van der Waals surface area contributed by atoms with Crippen LogP contribution >= 0.6 is 0 Å². The quantitative estimate of drug-likeness (QED) is 0.444. The van der Waals surface area contributed by atoms with Crippen molar-refractivity contribution < 1.29 is 24.1 Å². The van der Waals surface area contributed by atoms with E-state index in [9.17, 15) is 9.59 Å². The van der Waals surface area contributed by atoms with E-state index < -0.39 is 0 Å². The molecule has 31 heavy (non-hydrogen) atoms. The van der Waals surface area contributed by atoms with Gasteiger partial charge in [0.05, 0.1) is 7.11 Å². The monoisotopic (exact) mass is 426 g/mol. The first kappa shape index (κ1) is 22.8. The molecule has 2 aromatic carbocycles. The number of quaternary nitrogens is 2. The summed E-state index contributed by atoms with van der Waals surface area (Å²) in [6.45, 7) is 6.68. The van der Waals surface area contributed by atoms with Crippen LogP contribution in [-0.4, -0.2) is 58.2 Å². The fourth-order valence-electron chi connectivity index (χ4n) is 4.08. The highest BCUT2D eigenvalue weighted by Gasteiger charge is 2.36. The summed E-state index contributed by atoms with van der Waals surface area (Å²) in [7, 11) is 1.61. The molecule has 1 saturated heterocycles. The minimum Gasteiger partial charge on any atom is -0.497 e. The van der Waals surface area contributed by atoms with E-state index in [0.29, 0.717) is 12.3 Å². The lowest BCUT2D eigenvalue weighted by molar-refractivity contribution is -1.02. The number of carbonyl (C=O) groups excluding carboxylic acids is 2. The number of rotatable bonds is 9. The molecule has 0 unspecified atom stereocenters. The summed E-state index contributed by atoms with van der Waals surface area (Å²) in [5.41, 5.74) is 1.73. The van der Waals surface area contributed by atoms with Gasteiger partial charge in [0, 0.05) is 23.9 Å². The van der Waals surface area contributed by atoms with Crippen LogP contribution in [0.4, 0.5) is 5.69 Å². The van der Waals surface area contributed by atoms with Crippen LogP contribution in [-0.2, 0) is 9.59 Å². The third-order valence-corrected chi connectivity index (χ3v) is 5.72. The van der Waals surface area contributed by atoms with Gasteiger partial charge in [-0.3, -0.25) is 9.59 Å². The van der Waals surface area contributed by atoms with Crippen LogP contribution in [0.3, 0.4) is 0 Å². The Balaban J connectivity index is 1.67. The lowest BCUT2D eigenvalue weighted by Crippen LogP contribution is -3.28. The number of hydrogen-bond donors (Lipinski definition) is 4. The third-order valence-electron chi connectivity index (χ3n) is 5.72. The summed E-state index contributed by atoms with van der Waals surface area (Å²) in [5, 5.41) is 6.02. The third kappa shape index (κ3) is 6.54. The summed E-state index contributed by atoms with van der Waals surface area (Å²) in [4.78, 5) is 27.9. The van der Waals surface area contributed by atoms with Crippen molar-refractivity contribution in [1.82, 2.24) is 5.32 Å². The zero-order valence-electron chi connectivity index (χ0n) is 18.4. The van der Waals surface area contributed by atoms with Gasteiger partial charge in [0.1, 0.15) is 31.9 Å². The van der Waals surface area contributed by atoms with Crippen molar-refractivity contribution in [3.8, 4) is 5.75 Å². The molecule has 1 aliphatic rings. The van der Waals surface area contributed by atoms with Crippen molar-refractivity contribution in [2.24, 2.45) is 0 Å². The number of nitrogens with one attached hydrogen (secondary N) is 4. The normalized spacial score (nSPS) is 19.3. The van der Waals surface area contributed by atoms with Crippen molar-refractivity contribution >= 4 is 17.5 Å². The van der Waals surface area contributed by atoms with Gasteiger partial charge < -0.3 is 25.2 Å². The van der Waals surface area contributed by atoms with E-state index in [0.717, 1.165) is 50.4 Å². The Kier molecular flexibility index (Phi) is 8.44. The van der Waals surface area contributed by atoms with Crippen LogP contribution in [0.2, 0.25) is 0 Å². The highest BCUT2D eigenvalue weighted by Crippen LogP contribution is 2.19. The van der Waals surface area contributed by atoms with Gasteiger partial charge in [-0.05, 0) is 18.6 Å². The van der Waals surface area contributed by atoms with Gasteiger partial charge in [-0.1, -0.05) is 43.3 Å². The van der Waals surface area contributed by atoms with Gasteiger partial charge in [0.25, 0.3) is 11.8 Å². The van der Waals surface area contributed by atoms with Crippen molar-refractivity contribution in [3.05, 3.63) is 60.2 Å². The number of ether oxygens (including phenoxy) is 1. The van der Waals surface area contributed by atoms with Crippen LogP contribution in [0.15, 0.2) is 54.6 Å². The highest BCUT2D eigenvalue weighted by atomic mass is 16.5. The number of carbonyl (C=O) groups is 2. The smallest absolute Gasteiger partial charge is 0.287 e. The Morgan fingerprint density at radius 2 is 1.77 bits per heavy atom. The zero-order chi connectivity index (χ0) is 22.1. The molecule has 166 valence electrons. The number of hydrogen-bond acceptors (Lipinski definition) is 3. The Hall–Kier alpha value is -2.90. The summed E-state index contributed by atoms with van der Waals surface area (Å²) >= 11 is 0. The summed E-state index contributed by atoms with van der Waals surface area (Å²) < 4.78 is 5.27. The topological polar surface area (TPSA) is 76.3 Å². The molecule has 0 aliphatic carbocycles. The molecule has 2 aromatic rings. The second kappa shape index (κ2) is 11.5. The molecule has 0 spiro atoms.